The van der Waals surface area contributed by atoms with Crippen molar-refractivity contribution in [2.75, 3.05) is 6.54 Å². The van der Waals surface area contributed by atoms with Gasteiger partial charge < -0.3 is 5.32 Å². The van der Waals surface area contributed by atoms with Crippen LogP contribution >= 0.6 is 11.3 Å². The van der Waals surface area contributed by atoms with Crippen molar-refractivity contribution in [3.05, 3.63) is 29.0 Å². The van der Waals surface area contributed by atoms with Gasteiger partial charge in [0.1, 0.15) is 0 Å². The monoisotopic (exact) mass is 262 g/mol. The minimum Gasteiger partial charge on any atom is -0.309 e. The van der Waals surface area contributed by atoms with Crippen molar-refractivity contribution in [3.8, 4) is 10.8 Å². The van der Waals surface area contributed by atoms with Gasteiger partial charge in [0.2, 0.25) is 0 Å². The topological polar surface area (TPSA) is 50.7 Å². The fourth-order valence-corrected chi connectivity index (χ4v) is 2.41. The zero-order valence-electron chi connectivity index (χ0n) is 11.0. The van der Waals surface area contributed by atoms with Crippen LogP contribution in [0.3, 0.4) is 0 Å². The molecule has 0 aliphatic heterocycles. The third-order valence-electron chi connectivity index (χ3n) is 2.64. The Morgan fingerprint density at radius 3 is 2.72 bits per heavy atom. The highest BCUT2D eigenvalue weighted by Gasteiger charge is 2.11. The first kappa shape index (κ1) is 13.1. The van der Waals surface area contributed by atoms with Crippen molar-refractivity contribution in [2.24, 2.45) is 0 Å². The molecule has 0 saturated heterocycles. The highest BCUT2D eigenvalue weighted by molar-refractivity contribution is 7.13. The van der Waals surface area contributed by atoms with E-state index >= 15 is 0 Å². The van der Waals surface area contributed by atoms with E-state index in [1.54, 1.807) is 11.3 Å². The zero-order valence-corrected chi connectivity index (χ0v) is 11.8. The van der Waals surface area contributed by atoms with Crippen LogP contribution in [-0.2, 0) is 0 Å². The molecule has 2 aromatic rings. The fourth-order valence-electron chi connectivity index (χ4n) is 1.56. The van der Waals surface area contributed by atoms with Crippen LogP contribution in [0.4, 0.5) is 0 Å². The number of nitrogens with one attached hydrogen (secondary N) is 1. The molecule has 0 radical (unpaired) electrons. The number of aromatic nitrogens is 3. The van der Waals surface area contributed by atoms with Crippen LogP contribution in [-0.4, -0.2) is 21.5 Å². The molecule has 2 rings (SSSR count). The van der Waals surface area contributed by atoms with Gasteiger partial charge in [-0.1, -0.05) is 6.92 Å². The van der Waals surface area contributed by atoms with E-state index in [4.69, 9.17) is 0 Å². The Labute approximate surface area is 112 Å². The molecule has 18 heavy (non-hydrogen) atoms. The summed E-state index contributed by atoms with van der Waals surface area (Å²) in [5, 5.41) is 6.39. The summed E-state index contributed by atoms with van der Waals surface area (Å²) in [4.78, 5) is 13.2. The molecule has 0 amide bonds. The van der Waals surface area contributed by atoms with Crippen molar-refractivity contribution < 1.29 is 0 Å². The van der Waals surface area contributed by atoms with Gasteiger partial charge in [0, 0.05) is 23.8 Å². The Morgan fingerprint density at radius 1 is 1.33 bits per heavy atom. The lowest BCUT2D eigenvalue weighted by Crippen LogP contribution is -2.19. The lowest BCUT2D eigenvalue weighted by atomic mass is 10.2. The van der Waals surface area contributed by atoms with Gasteiger partial charge in [-0.25, -0.2) is 15.0 Å². The summed E-state index contributed by atoms with van der Waals surface area (Å²) in [5.74, 6) is 0.708. The highest BCUT2D eigenvalue weighted by Crippen LogP contribution is 2.23. The van der Waals surface area contributed by atoms with Gasteiger partial charge in [0.05, 0.1) is 5.69 Å². The third-order valence-corrected chi connectivity index (χ3v) is 3.49. The van der Waals surface area contributed by atoms with Gasteiger partial charge in [0.15, 0.2) is 10.8 Å². The second-order valence-electron chi connectivity index (χ2n) is 4.34. The van der Waals surface area contributed by atoms with Crippen LogP contribution in [0.5, 0.6) is 0 Å². The Hall–Kier alpha value is -1.33. The Bertz CT molecular complexity index is 492. The molecule has 0 aromatic carbocycles. The van der Waals surface area contributed by atoms with Gasteiger partial charge in [0.25, 0.3) is 0 Å². The van der Waals surface area contributed by atoms with E-state index < -0.39 is 0 Å². The van der Waals surface area contributed by atoms with E-state index in [0.717, 1.165) is 29.2 Å². The highest BCUT2D eigenvalue weighted by atomic mass is 32.1. The maximum atomic E-state index is 4.59. The molecule has 2 aromatic heterocycles. The van der Waals surface area contributed by atoms with E-state index in [1.165, 1.54) is 0 Å². The fraction of sp³-hybridized carbons (Fsp3) is 0.462. The van der Waals surface area contributed by atoms with Crippen LogP contribution in [0.25, 0.3) is 10.8 Å². The molecule has 0 saturated carbocycles. The summed E-state index contributed by atoms with van der Waals surface area (Å²) >= 11 is 1.59. The van der Waals surface area contributed by atoms with E-state index in [-0.39, 0.29) is 6.04 Å². The van der Waals surface area contributed by atoms with Crippen molar-refractivity contribution in [1.29, 1.82) is 0 Å². The zero-order chi connectivity index (χ0) is 13.0. The van der Waals surface area contributed by atoms with Gasteiger partial charge in [-0.05, 0) is 32.4 Å². The molecule has 0 spiro atoms. The Kier molecular flexibility index (Phi) is 4.38. The molecule has 0 bridgehead atoms. The second-order valence-corrected chi connectivity index (χ2v) is 5.20. The predicted octanol–water partition coefficient (Wildman–Crippen LogP) is 2.97. The molecule has 1 atom stereocenters. The Morgan fingerprint density at radius 2 is 2.06 bits per heavy atom. The minimum absolute atomic E-state index is 0.278. The summed E-state index contributed by atoms with van der Waals surface area (Å²) in [5.41, 5.74) is 2.13. The van der Waals surface area contributed by atoms with Crippen molar-refractivity contribution in [3.63, 3.8) is 0 Å². The lowest BCUT2D eigenvalue weighted by molar-refractivity contribution is 0.561. The van der Waals surface area contributed by atoms with E-state index in [9.17, 15) is 0 Å². The average molecular weight is 262 g/mol. The largest absolute Gasteiger partial charge is 0.309 e. The van der Waals surface area contributed by atoms with E-state index in [1.807, 2.05) is 19.3 Å². The number of hydrogen-bond acceptors (Lipinski definition) is 5. The van der Waals surface area contributed by atoms with Gasteiger partial charge in [-0.15, -0.1) is 11.3 Å². The number of hydrogen-bond donors (Lipinski definition) is 1. The third kappa shape index (κ3) is 3.11. The van der Waals surface area contributed by atoms with Crippen LogP contribution < -0.4 is 5.32 Å². The summed E-state index contributed by atoms with van der Waals surface area (Å²) in [6, 6.07) is 0.278. The summed E-state index contributed by atoms with van der Waals surface area (Å²) in [7, 11) is 0. The maximum absolute atomic E-state index is 4.59. The van der Waals surface area contributed by atoms with Crippen molar-refractivity contribution in [1.82, 2.24) is 20.3 Å². The van der Waals surface area contributed by atoms with Crippen LogP contribution in [0.15, 0.2) is 17.8 Å². The number of thiazole rings is 1. The molecule has 96 valence electrons. The quantitative estimate of drug-likeness (QED) is 0.900. The first-order valence-corrected chi connectivity index (χ1v) is 7.06. The smallest absolute Gasteiger partial charge is 0.188 e. The maximum Gasteiger partial charge on any atom is 0.188 e. The standard InChI is InChI=1S/C13H18N4S/c1-4-5-14-10(3)11-8-18-13(17-11)12-15-6-9(2)7-16-12/h6-8,10,14H,4-5H2,1-3H3. The summed E-state index contributed by atoms with van der Waals surface area (Å²) in [6.45, 7) is 7.28. The van der Waals surface area contributed by atoms with Crippen LogP contribution in [0.2, 0.25) is 0 Å². The first-order valence-electron chi connectivity index (χ1n) is 6.18. The van der Waals surface area contributed by atoms with E-state index in [0.29, 0.717) is 5.82 Å². The minimum atomic E-state index is 0.278. The SMILES string of the molecule is CCCNC(C)c1csc(-c2ncc(C)cn2)n1. The van der Waals surface area contributed by atoms with Crippen LogP contribution in [0.1, 0.15) is 37.6 Å². The molecule has 1 unspecified atom stereocenters. The molecule has 4 nitrogen and oxygen atoms in total. The molecule has 0 fully saturated rings. The van der Waals surface area contributed by atoms with Crippen molar-refractivity contribution >= 4 is 11.3 Å². The van der Waals surface area contributed by atoms with Crippen molar-refractivity contribution in [2.45, 2.75) is 33.2 Å². The lowest BCUT2D eigenvalue weighted by Gasteiger charge is -2.09. The molecular formula is C13H18N4S. The van der Waals surface area contributed by atoms with Crippen LogP contribution in [0, 0.1) is 6.92 Å². The Balaban J connectivity index is 2.12. The summed E-state index contributed by atoms with van der Waals surface area (Å²) in [6.07, 6.45) is 4.77. The van der Waals surface area contributed by atoms with E-state index in [2.05, 4.69) is 39.5 Å². The van der Waals surface area contributed by atoms with Gasteiger partial charge in [-0.3, -0.25) is 0 Å². The summed E-state index contributed by atoms with van der Waals surface area (Å²) < 4.78 is 0. The normalized spacial score (nSPS) is 12.6. The molecular weight excluding hydrogens is 244 g/mol. The molecule has 1 N–H and O–H groups in total. The molecule has 2 heterocycles. The number of aryl methyl sites for hydroxylation is 1. The number of nitrogens with zero attached hydrogens (tertiary/aromatic N) is 3. The van der Waals surface area contributed by atoms with Gasteiger partial charge >= 0.3 is 0 Å². The second kappa shape index (κ2) is 6.02. The molecule has 0 aliphatic rings. The molecule has 0 aliphatic carbocycles. The van der Waals surface area contributed by atoms with Gasteiger partial charge in [-0.2, -0.15) is 0 Å². The molecule has 5 heteroatoms. The first-order chi connectivity index (χ1) is 8.70. The predicted molar refractivity (Wildman–Crippen MR) is 74.6 cm³/mol. The average Bonchev–Trinajstić information content (AvgIpc) is 2.86. The number of rotatable bonds is 5.